The number of imidazole rings is 1. The maximum Gasteiger partial charge on any atom is 0.149 e. The fourth-order valence-corrected chi connectivity index (χ4v) is 2.91. The number of ether oxygens (including phenoxy) is 1. The Balaban J connectivity index is 1.71. The van der Waals surface area contributed by atoms with Crippen LogP contribution < -0.4 is 4.74 Å². The number of hydrogen-bond donors (Lipinski definition) is 1. The second kappa shape index (κ2) is 7.14. The molecule has 6 nitrogen and oxygen atoms in total. The molecule has 0 aliphatic rings. The summed E-state index contributed by atoms with van der Waals surface area (Å²) < 4.78 is 11.0. The highest BCUT2D eigenvalue weighted by Crippen LogP contribution is 2.28. The molecule has 2 aromatic carbocycles. The third-order valence-corrected chi connectivity index (χ3v) is 4.29. The number of aromatic amines is 1. The first-order valence-corrected chi connectivity index (χ1v) is 8.47. The molecule has 4 rings (SSSR count). The fraction of sp³-hybridized carbons (Fsp3) is 0.0455. The summed E-state index contributed by atoms with van der Waals surface area (Å²) in [7, 11) is 1.60. The largest absolute Gasteiger partial charge is 0.497 e. The van der Waals surface area contributed by atoms with E-state index in [0.29, 0.717) is 39.8 Å². The Morgan fingerprint density at radius 3 is 2.79 bits per heavy atom. The van der Waals surface area contributed by atoms with Crippen LogP contribution in [0.3, 0.4) is 0 Å². The molecule has 6 heteroatoms. The molecule has 1 N–H and O–H groups in total. The van der Waals surface area contributed by atoms with E-state index in [2.05, 4.69) is 22.1 Å². The van der Waals surface area contributed by atoms with Gasteiger partial charge in [-0.3, -0.25) is 0 Å². The monoisotopic (exact) mass is 366 g/mol. The number of rotatable bonds is 4. The van der Waals surface area contributed by atoms with Gasteiger partial charge in [0.2, 0.25) is 0 Å². The average molecular weight is 366 g/mol. The minimum Gasteiger partial charge on any atom is -0.497 e. The Morgan fingerprint density at radius 1 is 1.14 bits per heavy atom. The molecule has 0 unspecified atom stereocenters. The van der Waals surface area contributed by atoms with Crippen LogP contribution in [0, 0.1) is 22.7 Å². The van der Waals surface area contributed by atoms with Gasteiger partial charge in [0.15, 0.2) is 0 Å². The zero-order valence-electron chi connectivity index (χ0n) is 14.9. The van der Waals surface area contributed by atoms with Crippen molar-refractivity contribution in [3.05, 3.63) is 71.7 Å². The Labute approximate surface area is 160 Å². The van der Waals surface area contributed by atoms with Crippen LogP contribution in [0.25, 0.3) is 34.0 Å². The molecule has 0 atom stereocenters. The predicted molar refractivity (Wildman–Crippen MR) is 105 cm³/mol. The Bertz CT molecular complexity index is 1280. The van der Waals surface area contributed by atoms with E-state index in [1.807, 2.05) is 30.3 Å². The van der Waals surface area contributed by atoms with Crippen LogP contribution in [0.15, 0.2) is 59.0 Å². The molecule has 0 saturated heterocycles. The second-order valence-electron chi connectivity index (χ2n) is 6.00. The molecular weight excluding hydrogens is 352 g/mol. The van der Waals surface area contributed by atoms with Gasteiger partial charge in [-0.1, -0.05) is 12.1 Å². The first-order chi connectivity index (χ1) is 13.7. The molecular formula is C22H14N4O2. The highest BCUT2D eigenvalue weighted by molar-refractivity contribution is 5.90. The van der Waals surface area contributed by atoms with E-state index in [0.717, 1.165) is 11.0 Å². The highest BCUT2D eigenvalue weighted by atomic mass is 16.5. The van der Waals surface area contributed by atoms with Crippen molar-refractivity contribution in [1.82, 2.24) is 9.97 Å². The predicted octanol–water partition coefficient (Wildman–Crippen LogP) is 4.77. The number of H-pyrrole nitrogens is 1. The second-order valence-corrected chi connectivity index (χ2v) is 6.00. The Kier molecular flexibility index (Phi) is 4.37. The van der Waals surface area contributed by atoms with Crippen LogP contribution >= 0.6 is 0 Å². The number of fused-ring (bicyclic) bond motifs is 1. The maximum absolute atomic E-state index is 9.58. The summed E-state index contributed by atoms with van der Waals surface area (Å²) in [5, 5.41) is 18.8. The van der Waals surface area contributed by atoms with Crippen molar-refractivity contribution in [2.75, 3.05) is 7.11 Å². The van der Waals surface area contributed by atoms with Gasteiger partial charge in [-0.15, -0.1) is 0 Å². The zero-order chi connectivity index (χ0) is 19.5. The molecule has 2 aromatic heterocycles. The minimum atomic E-state index is 0.338. The van der Waals surface area contributed by atoms with Crippen LogP contribution in [-0.4, -0.2) is 17.1 Å². The number of furan rings is 1. The Hall–Kier alpha value is -4.29. The van der Waals surface area contributed by atoms with E-state index in [1.54, 1.807) is 37.5 Å². The summed E-state index contributed by atoms with van der Waals surface area (Å²) in [4.78, 5) is 7.59. The van der Waals surface area contributed by atoms with Crippen molar-refractivity contribution in [2.45, 2.75) is 0 Å². The highest BCUT2D eigenvalue weighted by Gasteiger charge is 2.12. The summed E-state index contributed by atoms with van der Waals surface area (Å²) >= 11 is 0. The first kappa shape index (κ1) is 17.1. The molecule has 0 aliphatic heterocycles. The van der Waals surface area contributed by atoms with E-state index >= 15 is 0 Å². The molecule has 0 spiro atoms. The van der Waals surface area contributed by atoms with Crippen LogP contribution in [-0.2, 0) is 0 Å². The molecule has 4 aromatic rings. The summed E-state index contributed by atoms with van der Waals surface area (Å²) in [6.45, 7) is 0. The van der Waals surface area contributed by atoms with Crippen molar-refractivity contribution >= 4 is 22.7 Å². The smallest absolute Gasteiger partial charge is 0.149 e. The number of nitriles is 2. The topological polar surface area (TPSA) is 98.6 Å². The molecule has 0 bridgehead atoms. The van der Waals surface area contributed by atoms with Gasteiger partial charge in [-0.05, 0) is 36.4 Å². The van der Waals surface area contributed by atoms with Gasteiger partial charge in [0.05, 0.1) is 35.3 Å². The van der Waals surface area contributed by atoms with Crippen LogP contribution in [0.5, 0.6) is 5.75 Å². The number of hydrogen-bond acceptors (Lipinski definition) is 5. The molecule has 134 valence electrons. The van der Waals surface area contributed by atoms with Crippen molar-refractivity contribution in [2.24, 2.45) is 0 Å². The SMILES string of the molecule is COc1ccc2nc(/C(C#N)=C\c3ccc(-c4ccccc4C#N)o3)[nH]c2c1. The normalized spacial score (nSPS) is 11.2. The van der Waals surface area contributed by atoms with Gasteiger partial charge in [0.1, 0.15) is 29.2 Å². The molecule has 0 aliphatic carbocycles. The number of methoxy groups -OCH3 is 1. The molecule has 2 heterocycles. The van der Waals surface area contributed by atoms with Crippen LogP contribution in [0.1, 0.15) is 17.1 Å². The Morgan fingerprint density at radius 2 is 2.00 bits per heavy atom. The average Bonchev–Trinajstić information content (AvgIpc) is 3.38. The minimum absolute atomic E-state index is 0.338. The lowest BCUT2D eigenvalue weighted by atomic mass is 10.1. The van der Waals surface area contributed by atoms with Crippen molar-refractivity contribution in [3.8, 4) is 29.2 Å². The molecule has 0 fully saturated rings. The number of benzene rings is 2. The first-order valence-electron chi connectivity index (χ1n) is 8.47. The van der Waals surface area contributed by atoms with E-state index in [1.165, 1.54) is 0 Å². The summed E-state index contributed by atoms with van der Waals surface area (Å²) in [5.41, 5.74) is 3.08. The van der Waals surface area contributed by atoms with E-state index in [-0.39, 0.29) is 0 Å². The number of allylic oxidation sites excluding steroid dienone is 1. The lowest BCUT2D eigenvalue weighted by Crippen LogP contribution is -1.84. The molecule has 0 saturated carbocycles. The molecule has 28 heavy (non-hydrogen) atoms. The van der Waals surface area contributed by atoms with Gasteiger partial charge >= 0.3 is 0 Å². The third kappa shape index (κ3) is 3.11. The van der Waals surface area contributed by atoms with Crippen LogP contribution in [0.4, 0.5) is 0 Å². The summed E-state index contributed by atoms with van der Waals surface area (Å²) in [6.07, 6.45) is 1.62. The molecule has 0 radical (unpaired) electrons. The van der Waals surface area contributed by atoms with E-state index in [9.17, 15) is 10.5 Å². The van der Waals surface area contributed by atoms with Crippen molar-refractivity contribution in [1.29, 1.82) is 10.5 Å². The van der Waals surface area contributed by atoms with Gasteiger partial charge in [0, 0.05) is 17.7 Å². The van der Waals surface area contributed by atoms with E-state index in [4.69, 9.17) is 9.15 Å². The lowest BCUT2D eigenvalue weighted by Gasteiger charge is -1.99. The zero-order valence-corrected chi connectivity index (χ0v) is 14.9. The fourth-order valence-electron chi connectivity index (χ4n) is 2.91. The number of aromatic nitrogens is 2. The standard InChI is InChI=1S/C22H14N4O2/c1-27-16-6-8-19-20(11-16)26-22(25-19)15(13-24)10-17-7-9-21(28-17)18-5-3-2-4-14(18)12-23/h2-11H,1H3,(H,25,26)/b15-10-. The van der Waals surface area contributed by atoms with Gasteiger partial charge in [-0.25, -0.2) is 4.98 Å². The van der Waals surface area contributed by atoms with Gasteiger partial charge in [-0.2, -0.15) is 10.5 Å². The third-order valence-electron chi connectivity index (χ3n) is 4.29. The van der Waals surface area contributed by atoms with Gasteiger partial charge < -0.3 is 14.1 Å². The molecule has 0 amide bonds. The quantitative estimate of drug-likeness (QED) is 0.525. The summed E-state index contributed by atoms with van der Waals surface area (Å²) in [5.74, 6) is 2.21. The van der Waals surface area contributed by atoms with Crippen molar-refractivity contribution < 1.29 is 9.15 Å². The van der Waals surface area contributed by atoms with Gasteiger partial charge in [0.25, 0.3) is 0 Å². The summed E-state index contributed by atoms with van der Waals surface area (Å²) in [6, 6.07) is 20.5. The number of nitrogens with zero attached hydrogens (tertiary/aromatic N) is 3. The number of nitrogens with one attached hydrogen (secondary N) is 1. The van der Waals surface area contributed by atoms with Crippen LogP contribution in [0.2, 0.25) is 0 Å². The maximum atomic E-state index is 9.58. The lowest BCUT2D eigenvalue weighted by molar-refractivity contribution is 0.415. The van der Waals surface area contributed by atoms with Crippen molar-refractivity contribution in [3.63, 3.8) is 0 Å². The van der Waals surface area contributed by atoms with E-state index < -0.39 is 0 Å².